The molecule has 1 fully saturated rings. The Morgan fingerprint density at radius 2 is 2.25 bits per heavy atom. The molecule has 0 saturated carbocycles. The first-order valence-electron chi connectivity index (χ1n) is 6.73. The third-order valence-corrected chi connectivity index (χ3v) is 4.30. The van der Waals surface area contributed by atoms with Crippen molar-refractivity contribution in [2.75, 3.05) is 30.4 Å². The first kappa shape index (κ1) is 15.5. The van der Waals surface area contributed by atoms with Crippen molar-refractivity contribution >= 4 is 21.6 Å². The molecule has 1 aliphatic rings. The van der Waals surface area contributed by atoms with Gasteiger partial charge in [0, 0.05) is 31.6 Å². The molecule has 0 aromatic carbocycles. The number of methoxy groups -OCH3 is 1. The standard InChI is InChI=1S/C13H20BrN3O3/c1-20-12-2-4-16(5-3-12)10-6-13(19)17(15-8-10)9-11(18)7-14/h6,8,11-12,18H,2-5,7,9H2,1H3. The van der Waals surface area contributed by atoms with Gasteiger partial charge in [-0.1, -0.05) is 15.9 Å². The first-order valence-corrected chi connectivity index (χ1v) is 7.85. The van der Waals surface area contributed by atoms with Gasteiger partial charge in [0.1, 0.15) is 0 Å². The summed E-state index contributed by atoms with van der Waals surface area (Å²) in [6, 6.07) is 1.58. The van der Waals surface area contributed by atoms with Crippen molar-refractivity contribution in [2.45, 2.75) is 31.6 Å². The number of anilines is 1. The van der Waals surface area contributed by atoms with Crippen LogP contribution in [0.2, 0.25) is 0 Å². The minimum atomic E-state index is -0.608. The SMILES string of the molecule is COC1CCN(c2cnn(CC(O)CBr)c(=O)c2)CC1. The van der Waals surface area contributed by atoms with E-state index in [0.29, 0.717) is 11.4 Å². The largest absolute Gasteiger partial charge is 0.390 e. The van der Waals surface area contributed by atoms with Crippen LogP contribution in [-0.2, 0) is 11.3 Å². The van der Waals surface area contributed by atoms with Crippen LogP contribution in [-0.4, -0.2) is 52.6 Å². The third kappa shape index (κ3) is 3.80. The van der Waals surface area contributed by atoms with E-state index in [1.807, 2.05) is 0 Å². The average molecular weight is 346 g/mol. The molecule has 2 heterocycles. The van der Waals surface area contributed by atoms with Crippen molar-refractivity contribution in [2.24, 2.45) is 0 Å². The Morgan fingerprint density at radius 1 is 1.55 bits per heavy atom. The van der Waals surface area contributed by atoms with Crippen LogP contribution in [0.15, 0.2) is 17.1 Å². The molecule has 7 heteroatoms. The Balaban J connectivity index is 2.04. The van der Waals surface area contributed by atoms with Gasteiger partial charge in [-0.15, -0.1) is 0 Å². The normalized spacial score (nSPS) is 18.2. The first-order chi connectivity index (χ1) is 9.63. The second-order valence-electron chi connectivity index (χ2n) is 4.96. The van der Waals surface area contributed by atoms with Crippen LogP contribution in [0.5, 0.6) is 0 Å². The van der Waals surface area contributed by atoms with Crippen molar-refractivity contribution in [1.29, 1.82) is 0 Å². The number of hydrogen-bond donors (Lipinski definition) is 1. The molecule has 1 aromatic heterocycles. The van der Waals surface area contributed by atoms with Crippen molar-refractivity contribution in [3.05, 3.63) is 22.6 Å². The van der Waals surface area contributed by atoms with Gasteiger partial charge in [-0.25, -0.2) is 4.68 Å². The van der Waals surface area contributed by atoms with Gasteiger partial charge in [0.25, 0.3) is 5.56 Å². The summed E-state index contributed by atoms with van der Waals surface area (Å²) in [5.74, 6) is 0. The summed E-state index contributed by atoms with van der Waals surface area (Å²) in [6.07, 6.45) is 3.32. The van der Waals surface area contributed by atoms with E-state index in [9.17, 15) is 9.90 Å². The Kier molecular flexibility index (Phi) is 5.56. The highest BCUT2D eigenvalue weighted by atomic mass is 79.9. The molecule has 0 spiro atoms. The Hall–Kier alpha value is -0.920. The molecule has 1 aromatic rings. The second kappa shape index (κ2) is 7.19. The lowest BCUT2D eigenvalue weighted by molar-refractivity contribution is 0.0819. The van der Waals surface area contributed by atoms with E-state index >= 15 is 0 Å². The fourth-order valence-corrected chi connectivity index (χ4v) is 2.54. The monoisotopic (exact) mass is 345 g/mol. The Bertz CT molecular complexity index is 486. The molecule has 0 aliphatic carbocycles. The molecule has 1 unspecified atom stereocenters. The summed E-state index contributed by atoms with van der Waals surface area (Å²) in [6.45, 7) is 1.94. The Morgan fingerprint density at radius 3 is 2.80 bits per heavy atom. The predicted octanol–water partition coefficient (Wildman–Crippen LogP) is 0.614. The van der Waals surface area contributed by atoms with E-state index in [0.717, 1.165) is 31.6 Å². The molecule has 112 valence electrons. The van der Waals surface area contributed by atoms with Gasteiger partial charge in [-0.05, 0) is 12.8 Å². The van der Waals surface area contributed by atoms with Crippen LogP contribution in [0.1, 0.15) is 12.8 Å². The molecular formula is C13H20BrN3O3. The van der Waals surface area contributed by atoms with Gasteiger partial charge in [0.2, 0.25) is 0 Å². The minimum Gasteiger partial charge on any atom is -0.390 e. The molecule has 1 aliphatic heterocycles. The molecule has 6 nitrogen and oxygen atoms in total. The lowest BCUT2D eigenvalue weighted by Crippen LogP contribution is -2.38. The molecule has 0 bridgehead atoms. The van der Waals surface area contributed by atoms with Gasteiger partial charge in [0.15, 0.2) is 0 Å². The number of hydrogen-bond acceptors (Lipinski definition) is 5. The maximum absolute atomic E-state index is 12.0. The van der Waals surface area contributed by atoms with Gasteiger partial charge in [-0.2, -0.15) is 5.10 Å². The molecule has 20 heavy (non-hydrogen) atoms. The zero-order chi connectivity index (χ0) is 14.5. The van der Waals surface area contributed by atoms with Gasteiger partial charge < -0.3 is 14.7 Å². The quantitative estimate of drug-likeness (QED) is 0.792. The van der Waals surface area contributed by atoms with Crippen LogP contribution in [0.4, 0.5) is 5.69 Å². The number of aromatic nitrogens is 2. The van der Waals surface area contributed by atoms with Crippen LogP contribution in [0.25, 0.3) is 0 Å². The van der Waals surface area contributed by atoms with E-state index in [1.54, 1.807) is 19.4 Å². The molecule has 0 radical (unpaired) electrons. The smallest absolute Gasteiger partial charge is 0.268 e. The van der Waals surface area contributed by atoms with E-state index in [2.05, 4.69) is 25.9 Å². The van der Waals surface area contributed by atoms with Crippen LogP contribution in [0.3, 0.4) is 0 Å². The lowest BCUT2D eigenvalue weighted by atomic mass is 10.1. The lowest BCUT2D eigenvalue weighted by Gasteiger charge is -2.32. The van der Waals surface area contributed by atoms with Gasteiger partial charge in [-0.3, -0.25) is 4.79 Å². The van der Waals surface area contributed by atoms with Crippen molar-refractivity contribution in [3.8, 4) is 0 Å². The zero-order valence-corrected chi connectivity index (χ0v) is 13.1. The molecule has 0 amide bonds. The van der Waals surface area contributed by atoms with Gasteiger partial charge in [0.05, 0.1) is 30.6 Å². The number of aliphatic hydroxyl groups is 1. The zero-order valence-electron chi connectivity index (χ0n) is 11.5. The maximum Gasteiger partial charge on any atom is 0.268 e. The summed E-state index contributed by atoms with van der Waals surface area (Å²) >= 11 is 3.17. The molecule has 1 saturated heterocycles. The number of nitrogens with zero attached hydrogens (tertiary/aromatic N) is 3. The highest BCUT2D eigenvalue weighted by Gasteiger charge is 2.19. The predicted molar refractivity (Wildman–Crippen MR) is 80.5 cm³/mol. The van der Waals surface area contributed by atoms with E-state index in [-0.39, 0.29) is 12.1 Å². The summed E-state index contributed by atoms with van der Waals surface area (Å²) < 4.78 is 6.62. The number of aliphatic hydroxyl groups excluding tert-OH is 1. The fourth-order valence-electron chi connectivity index (χ4n) is 2.33. The minimum absolute atomic E-state index is 0.184. The van der Waals surface area contributed by atoms with Crippen molar-refractivity contribution in [1.82, 2.24) is 9.78 Å². The number of ether oxygens (including phenoxy) is 1. The molecule has 1 N–H and O–H groups in total. The van der Waals surface area contributed by atoms with Crippen molar-refractivity contribution < 1.29 is 9.84 Å². The highest BCUT2D eigenvalue weighted by molar-refractivity contribution is 9.09. The second-order valence-corrected chi connectivity index (χ2v) is 5.61. The average Bonchev–Trinajstić information content (AvgIpc) is 2.49. The van der Waals surface area contributed by atoms with Crippen LogP contribution in [0, 0.1) is 0 Å². The topological polar surface area (TPSA) is 67.6 Å². The highest BCUT2D eigenvalue weighted by Crippen LogP contribution is 2.18. The van der Waals surface area contributed by atoms with E-state index < -0.39 is 6.10 Å². The third-order valence-electron chi connectivity index (χ3n) is 3.56. The molecule has 2 rings (SSSR count). The fraction of sp³-hybridized carbons (Fsp3) is 0.692. The summed E-state index contributed by atoms with van der Waals surface area (Å²) in [4.78, 5) is 14.1. The molecular weight excluding hydrogens is 326 g/mol. The Labute approximate surface area is 126 Å². The maximum atomic E-state index is 12.0. The van der Waals surface area contributed by atoms with E-state index in [1.165, 1.54) is 4.68 Å². The summed E-state index contributed by atoms with van der Waals surface area (Å²) in [5.41, 5.74) is 0.658. The molecule has 1 atom stereocenters. The van der Waals surface area contributed by atoms with Crippen molar-refractivity contribution in [3.63, 3.8) is 0 Å². The number of alkyl halides is 1. The number of halogens is 1. The number of rotatable bonds is 5. The van der Waals surface area contributed by atoms with Crippen LogP contribution < -0.4 is 10.5 Å². The summed E-state index contributed by atoms with van der Waals surface area (Å²) in [7, 11) is 1.73. The van der Waals surface area contributed by atoms with E-state index in [4.69, 9.17) is 4.74 Å². The summed E-state index contributed by atoms with van der Waals surface area (Å²) in [5, 5.41) is 14.1. The number of piperidine rings is 1. The van der Waals surface area contributed by atoms with Gasteiger partial charge >= 0.3 is 0 Å². The van der Waals surface area contributed by atoms with Crippen LogP contribution >= 0.6 is 15.9 Å².